The van der Waals surface area contributed by atoms with Crippen molar-refractivity contribution in [2.45, 2.75) is 42.5 Å². The molecule has 0 aromatic carbocycles. The first kappa shape index (κ1) is 18.7. The molecule has 1 aromatic rings. The van der Waals surface area contributed by atoms with Gasteiger partial charge < -0.3 is 10.6 Å². The Kier molecular flexibility index (Phi) is 7.37. The number of nitrogens with one attached hydrogen (secondary N) is 2. The highest BCUT2D eigenvalue weighted by Gasteiger charge is 2.16. The molecule has 9 heteroatoms. The Morgan fingerprint density at radius 2 is 2.10 bits per heavy atom. The lowest BCUT2D eigenvalue weighted by Crippen LogP contribution is -2.41. The van der Waals surface area contributed by atoms with E-state index >= 15 is 0 Å². The summed E-state index contributed by atoms with van der Waals surface area (Å²) in [5, 5.41) is 11.7. The zero-order chi connectivity index (χ0) is 14.6. The summed E-state index contributed by atoms with van der Waals surface area (Å²) in [6.07, 6.45) is 4.87. The zero-order valence-corrected chi connectivity index (χ0v) is 15.8. The molecular weight excluding hydrogens is 423 g/mol. The van der Waals surface area contributed by atoms with Crippen LogP contribution >= 0.6 is 35.3 Å². The van der Waals surface area contributed by atoms with Crippen molar-refractivity contribution in [3.05, 3.63) is 17.0 Å². The van der Waals surface area contributed by atoms with Gasteiger partial charge in [-0.2, -0.15) is 0 Å². The topological polar surface area (TPSA) is 96.6 Å². The van der Waals surface area contributed by atoms with Crippen molar-refractivity contribution in [1.82, 2.24) is 10.6 Å². The number of nitrogens with two attached hydrogens (primary N) is 1. The third kappa shape index (κ3) is 5.72. The van der Waals surface area contributed by atoms with Gasteiger partial charge in [0, 0.05) is 18.0 Å². The number of hydrogen-bond acceptors (Lipinski definition) is 4. The quantitative estimate of drug-likeness (QED) is 0.374. The summed E-state index contributed by atoms with van der Waals surface area (Å²) in [7, 11) is -1.87. The number of thiophene rings is 1. The summed E-state index contributed by atoms with van der Waals surface area (Å²) in [6, 6.07) is 3.79. The molecule has 2 rings (SSSR count). The largest absolute Gasteiger partial charge is 0.354 e. The lowest BCUT2D eigenvalue weighted by atomic mass is 10.2. The van der Waals surface area contributed by atoms with Crippen molar-refractivity contribution < 1.29 is 8.42 Å². The summed E-state index contributed by atoms with van der Waals surface area (Å²) in [6.45, 7) is 0.534. The van der Waals surface area contributed by atoms with E-state index in [-0.39, 0.29) is 28.2 Å². The van der Waals surface area contributed by atoms with E-state index in [0.717, 1.165) is 10.8 Å². The molecular formula is C12H21IN4O2S2. The molecule has 1 fully saturated rings. The third-order valence-corrected chi connectivity index (χ3v) is 5.79. The Morgan fingerprint density at radius 3 is 2.62 bits per heavy atom. The second kappa shape index (κ2) is 8.30. The smallest absolute Gasteiger partial charge is 0.247 e. The highest BCUT2D eigenvalue weighted by atomic mass is 127. The second-order valence-corrected chi connectivity index (χ2v) is 7.77. The monoisotopic (exact) mass is 444 g/mol. The Labute approximate surface area is 146 Å². The summed E-state index contributed by atoms with van der Waals surface area (Å²) in [5.74, 6) is 0.752. The predicted octanol–water partition coefficient (Wildman–Crippen LogP) is 1.62. The van der Waals surface area contributed by atoms with Gasteiger partial charge in [0.2, 0.25) is 10.0 Å². The summed E-state index contributed by atoms with van der Waals surface area (Å²) in [5.41, 5.74) is 0. The molecule has 0 unspecified atom stereocenters. The molecule has 21 heavy (non-hydrogen) atoms. The van der Waals surface area contributed by atoms with Gasteiger partial charge in [-0.3, -0.25) is 4.99 Å². The summed E-state index contributed by atoms with van der Waals surface area (Å²) < 4.78 is 22.6. The number of aliphatic imine (C=N–C) groups is 1. The fraction of sp³-hybridized carbons (Fsp3) is 0.583. The molecule has 4 N–H and O–H groups in total. The normalized spacial score (nSPS) is 16.6. The van der Waals surface area contributed by atoms with Gasteiger partial charge in [-0.25, -0.2) is 13.6 Å². The summed E-state index contributed by atoms with van der Waals surface area (Å²) in [4.78, 5) is 5.08. The van der Waals surface area contributed by atoms with Gasteiger partial charge in [-0.15, -0.1) is 35.3 Å². The minimum atomic E-state index is -3.60. The van der Waals surface area contributed by atoms with Crippen molar-refractivity contribution in [2.24, 2.45) is 10.1 Å². The van der Waals surface area contributed by atoms with E-state index in [1.54, 1.807) is 13.1 Å². The van der Waals surface area contributed by atoms with Gasteiger partial charge in [-0.1, -0.05) is 12.8 Å². The molecule has 1 aromatic heterocycles. The molecule has 1 aliphatic rings. The SMILES string of the molecule is CN=C(NCc1ccc(S(N)(=O)=O)s1)NC1CCCC1.I. The van der Waals surface area contributed by atoms with E-state index < -0.39 is 10.0 Å². The van der Waals surface area contributed by atoms with Crippen LogP contribution in [0.5, 0.6) is 0 Å². The van der Waals surface area contributed by atoms with Crippen molar-refractivity contribution in [3.63, 3.8) is 0 Å². The number of primary sulfonamides is 1. The molecule has 0 atom stereocenters. The van der Waals surface area contributed by atoms with Crippen molar-refractivity contribution >= 4 is 51.3 Å². The number of guanidine groups is 1. The lowest BCUT2D eigenvalue weighted by Gasteiger charge is -2.16. The first-order valence-electron chi connectivity index (χ1n) is 6.58. The zero-order valence-electron chi connectivity index (χ0n) is 11.8. The molecule has 1 saturated carbocycles. The molecule has 120 valence electrons. The number of rotatable bonds is 4. The van der Waals surface area contributed by atoms with E-state index in [2.05, 4.69) is 15.6 Å². The molecule has 0 spiro atoms. The maximum atomic E-state index is 11.2. The van der Waals surface area contributed by atoms with Gasteiger partial charge in [0.05, 0.1) is 6.54 Å². The van der Waals surface area contributed by atoms with Crippen molar-refractivity contribution in [2.75, 3.05) is 7.05 Å². The highest BCUT2D eigenvalue weighted by molar-refractivity contribution is 14.0. The van der Waals surface area contributed by atoms with Crippen LogP contribution in [0.25, 0.3) is 0 Å². The molecule has 1 aliphatic carbocycles. The van der Waals surface area contributed by atoms with Crippen LogP contribution in [0.15, 0.2) is 21.3 Å². The highest BCUT2D eigenvalue weighted by Crippen LogP contribution is 2.20. The molecule has 0 amide bonds. The maximum Gasteiger partial charge on any atom is 0.247 e. The molecule has 1 heterocycles. The van der Waals surface area contributed by atoms with Crippen molar-refractivity contribution in [3.8, 4) is 0 Å². The molecule has 0 radical (unpaired) electrons. The van der Waals surface area contributed by atoms with Crippen LogP contribution in [0.4, 0.5) is 0 Å². The molecule has 0 bridgehead atoms. The van der Waals surface area contributed by atoms with E-state index in [9.17, 15) is 8.42 Å². The lowest BCUT2D eigenvalue weighted by molar-refractivity contribution is 0.600. The molecule has 0 aliphatic heterocycles. The first-order chi connectivity index (χ1) is 9.49. The average Bonchev–Trinajstić information content (AvgIpc) is 3.04. The first-order valence-corrected chi connectivity index (χ1v) is 8.94. The Morgan fingerprint density at radius 1 is 1.43 bits per heavy atom. The summed E-state index contributed by atoms with van der Waals surface area (Å²) >= 11 is 1.18. The second-order valence-electron chi connectivity index (χ2n) is 4.82. The van der Waals surface area contributed by atoms with Crippen LogP contribution in [0.1, 0.15) is 30.6 Å². The number of hydrogen-bond donors (Lipinski definition) is 3. The number of nitrogens with zero attached hydrogens (tertiary/aromatic N) is 1. The number of halogens is 1. The van der Waals surface area contributed by atoms with E-state index in [1.807, 2.05) is 0 Å². The Bertz CT molecular complexity index is 580. The van der Waals surface area contributed by atoms with Crippen LogP contribution < -0.4 is 15.8 Å². The Balaban J connectivity index is 0.00000220. The van der Waals surface area contributed by atoms with Crippen LogP contribution in [-0.2, 0) is 16.6 Å². The molecule has 0 saturated heterocycles. The van der Waals surface area contributed by atoms with Gasteiger partial charge >= 0.3 is 0 Å². The average molecular weight is 444 g/mol. The standard InChI is InChI=1S/C12H20N4O2S2.HI/c1-14-12(16-9-4-2-3-5-9)15-8-10-6-7-11(19-10)20(13,17)18;/h6-7,9H,2-5,8H2,1H3,(H2,13,17,18)(H2,14,15,16);1H. The van der Waals surface area contributed by atoms with Gasteiger partial charge in [0.1, 0.15) is 4.21 Å². The van der Waals surface area contributed by atoms with E-state index in [4.69, 9.17) is 5.14 Å². The fourth-order valence-electron chi connectivity index (χ4n) is 2.24. The van der Waals surface area contributed by atoms with Crippen LogP contribution in [-0.4, -0.2) is 27.5 Å². The van der Waals surface area contributed by atoms with Crippen LogP contribution in [0, 0.1) is 0 Å². The van der Waals surface area contributed by atoms with Crippen LogP contribution in [0.3, 0.4) is 0 Å². The minimum absolute atomic E-state index is 0. The van der Waals surface area contributed by atoms with Gasteiger partial charge in [-0.05, 0) is 25.0 Å². The Hall–Kier alpha value is -0.390. The maximum absolute atomic E-state index is 11.2. The predicted molar refractivity (Wildman–Crippen MR) is 96.7 cm³/mol. The minimum Gasteiger partial charge on any atom is -0.354 e. The molecule has 6 nitrogen and oxygen atoms in total. The number of sulfonamides is 1. The van der Waals surface area contributed by atoms with E-state index in [0.29, 0.717) is 12.6 Å². The van der Waals surface area contributed by atoms with Crippen LogP contribution in [0.2, 0.25) is 0 Å². The van der Waals surface area contributed by atoms with E-state index in [1.165, 1.54) is 43.1 Å². The van der Waals surface area contributed by atoms with Crippen molar-refractivity contribution in [1.29, 1.82) is 0 Å². The fourth-order valence-corrected chi connectivity index (χ4v) is 3.95. The van der Waals surface area contributed by atoms with Gasteiger partial charge in [0.25, 0.3) is 0 Å². The third-order valence-electron chi connectivity index (χ3n) is 3.27. The van der Waals surface area contributed by atoms with Gasteiger partial charge in [0.15, 0.2) is 5.96 Å².